The van der Waals surface area contributed by atoms with Crippen molar-refractivity contribution in [2.45, 2.75) is 13.8 Å². The van der Waals surface area contributed by atoms with E-state index in [2.05, 4.69) is 20.4 Å². The molecule has 0 bridgehead atoms. The summed E-state index contributed by atoms with van der Waals surface area (Å²) >= 11 is 3.74. The van der Waals surface area contributed by atoms with Gasteiger partial charge in [-0.3, -0.25) is 4.79 Å². The van der Waals surface area contributed by atoms with Crippen LogP contribution in [0.5, 0.6) is 0 Å². The van der Waals surface area contributed by atoms with Gasteiger partial charge in [-0.2, -0.15) is 23.5 Å². The third-order valence-electron chi connectivity index (χ3n) is 1.91. The summed E-state index contributed by atoms with van der Waals surface area (Å²) in [5, 5.41) is 0. The van der Waals surface area contributed by atoms with E-state index in [-0.39, 0.29) is 5.91 Å². The van der Waals surface area contributed by atoms with E-state index in [1.54, 1.807) is 0 Å². The van der Waals surface area contributed by atoms with Gasteiger partial charge in [0.2, 0.25) is 5.91 Å². The molecular weight excluding hydrogens is 226 g/mol. The van der Waals surface area contributed by atoms with Gasteiger partial charge < -0.3 is 4.90 Å². The first-order valence-electron chi connectivity index (χ1n) is 5.33. The highest BCUT2D eigenvalue weighted by Gasteiger charge is 2.08. The van der Waals surface area contributed by atoms with E-state index in [1.165, 1.54) is 6.08 Å². The van der Waals surface area contributed by atoms with Crippen LogP contribution in [0.1, 0.15) is 13.8 Å². The van der Waals surface area contributed by atoms with Gasteiger partial charge >= 0.3 is 0 Å². The highest BCUT2D eigenvalue weighted by molar-refractivity contribution is 7.99. The van der Waals surface area contributed by atoms with E-state index in [1.807, 2.05) is 28.4 Å². The summed E-state index contributed by atoms with van der Waals surface area (Å²) in [7, 11) is 0. The smallest absolute Gasteiger partial charge is 0.246 e. The monoisotopic (exact) mass is 247 g/mol. The second kappa shape index (κ2) is 10.4. The van der Waals surface area contributed by atoms with E-state index in [0.717, 1.165) is 36.1 Å². The molecule has 0 aliphatic heterocycles. The van der Waals surface area contributed by atoms with Gasteiger partial charge in [0.1, 0.15) is 0 Å². The molecule has 0 saturated heterocycles. The first-order valence-corrected chi connectivity index (χ1v) is 7.64. The Hall–Kier alpha value is -0.0900. The second-order valence-electron chi connectivity index (χ2n) is 2.92. The fourth-order valence-electron chi connectivity index (χ4n) is 1.10. The van der Waals surface area contributed by atoms with Crippen LogP contribution in [0.3, 0.4) is 0 Å². The maximum atomic E-state index is 11.5. The fraction of sp³-hybridized carbons (Fsp3) is 0.727. The molecule has 2 nitrogen and oxygen atoms in total. The number of hydrogen-bond acceptors (Lipinski definition) is 3. The first kappa shape index (κ1) is 14.9. The van der Waals surface area contributed by atoms with Crippen molar-refractivity contribution in [1.29, 1.82) is 0 Å². The topological polar surface area (TPSA) is 20.3 Å². The minimum absolute atomic E-state index is 0.0587. The maximum absolute atomic E-state index is 11.5. The summed E-state index contributed by atoms with van der Waals surface area (Å²) in [4.78, 5) is 13.4. The van der Waals surface area contributed by atoms with Crippen LogP contribution in [-0.4, -0.2) is 46.9 Å². The van der Waals surface area contributed by atoms with Crippen LogP contribution in [0.2, 0.25) is 0 Å². The van der Waals surface area contributed by atoms with E-state index >= 15 is 0 Å². The third kappa shape index (κ3) is 7.79. The Morgan fingerprint density at radius 3 is 2.00 bits per heavy atom. The molecule has 0 aliphatic rings. The van der Waals surface area contributed by atoms with Crippen LogP contribution in [0.4, 0.5) is 0 Å². The van der Waals surface area contributed by atoms with Crippen molar-refractivity contribution < 1.29 is 4.79 Å². The molecule has 0 saturated carbocycles. The SMILES string of the molecule is C=CC(=O)N(CCSCC)CCSCC. The molecule has 0 spiro atoms. The van der Waals surface area contributed by atoms with Gasteiger partial charge in [0.05, 0.1) is 0 Å². The largest absolute Gasteiger partial charge is 0.338 e. The van der Waals surface area contributed by atoms with Crippen LogP contribution in [0, 0.1) is 0 Å². The summed E-state index contributed by atoms with van der Waals surface area (Å²) in [5.41, 5.74) is 0. The number of carbonyl (C=O) groups excluding carboxylic acids is 1. The molecule has 0 aromatic heterocycles. The summed E-state index contributed by atoms with van der Waals surface area (Å²) in [6, 6.07) is 0. The van der Waals surface area contributed by atoms with E-state index in [9.17, 15) is 4.79 Å². The molecule has 0 fully saturated rings. The third-order valence-corrected chi connectivity index (χ3v) is 3.66. The van der Waals surface area contributed by atoms with Crippen LogP contribution in [0.15, 0.2) is 12.7 Å². The average molecular weight is 247 g/mol. The van der Waals surface area contributed by atoms with E-state index in [4.69, 9.17) is 0 Å². The lowest BCUT2D eigenvalue weighted by molar-refractivity contribution is -0.125. The van der Waals surface area contributed by atoms with Gasteiger partial charge in [0.15, 0.2) is 0 Å². The normalized spacial score (nSPS) is 10.0. The molecule has 0 aromatic rings. The lowest BCUT2D eigenvalue weighted by Crippen LogP contribution is -2.33. The Labute approximate surface area is 102 Å². The molecule has 0 aliphatic carbocycles. The Balaban J connectivity index is 3.84. The molecule has 0 heterocycles. The lowest BCUT2D eigenvalue weighted by Gasteiger charge is -2.20. The minimum Gasteiger partial charge on any atom is -0.338 e. The van der Waals surface area contributed by atoms with Crippen molar-refractivity contribution in [3.8, 4) is 0 Å². The summed E-state index contributed by atoms with van der Waals surface area (Å²) in [5.74, 6) is 4.32. The zero-order chi connectivity index (χ0) is 11.5. The molecule has 0 N–H and O–H groups in total. The number of carbonyl (C=O) groups is 1. The molecular formula is C11H21NOS2. The zero-order valence-corrected chi connectivity index (χ0v) is 11.3. The Bertz CT molecular complexity index is 175. The fourth-order valence-corrected chi connectivity index (χ4v) is 2.38. The zero-order valence-electron chi connectivity index (χ0n) is 9.70. The highest BCUT2D eigenvalue weighted by atomic mass is 32.2. The van der Waals surface area contributed by atoms with Crippen LogP contribution < -0.4 is 0 Å². The van der Waals surface area contributed by atoms with Crippen LogP contribution in [0.25, 0.3) is 0 Å². The highest BCUT2D eigenvalue weighted by Crippen LogP contribution is 2.04. The van der Waals surface area contributed by atoms with Crippen molar-refractivity contribution >= 4 is 29.4 Å². The number of nitrogens with zero attached hydrogens (tertiary/aromatic N) is 1. The van der Waals surface area contributed by atoms with Crippen molar-refractivity contribution in [1.82, 2.24) is 4.90 Å². The Morgan fingerprint density at radius 1 is 1.20 bits per heavy atom. The standard InChI is InChI=1S/C11H21NOS2/c1-4-11(13)12(7-9-14-5-2)8-10-15-6-3/h4H,1,5-10H2,2-3H3. The first-order chi connectivity index (χ1) is 7.26. The molecule has 88 valence electrons. The van der Waals surface area contributed by atoms with Crippen molar-refractivity contribution in [2.24, 2.45) is 0 Å². The molecule has 1 amide bonds. The van der Waals surface area contributed by atoms with Crippen molar-refractivity contribution in [3.63, 3.8) is 0 Å². The average Bonchev–Trinajstić information content (AvgIpc) is 2.26. The molecule has 15 heavy (non-hydrogen) atoms. The van der Waals surface area contributed by atoms with Gasteiger partial charge in [-0.05, 0) is 17.6 Å². The summed E-state index contributed by atoms with van der Waals surface area (Å²) in [6.45, 7) is 9.49. The number of rotatable bonds is 9. The molecule has 4 heteroatoms. The minimum atomic E-state index is 0.0587. The number of hydrogen-bond donors (Lipinski definition) is 0. The molecule has 0 rings (SSSR count). The predicted molar refractivity (Wildman–Crippen MR) is 72.8 cm³/mol. The lowest BCUT2D eigenvalue weighted by atomic mass is 10.4. The van der Waals surface area contributed by atoms with Crippen LogP contribution in [-0.2, 0) is 4.79 Å². The van der Waals surface area contributed by atoms with Gasteiger partial charge in [-0.1, -0.05) is 20.4 Å². The van der Waals surface area contributed by atoms with Crippen molar-refractivity contribution in [3.05, 3.63) is 12.7 Å². The molecule has 0 unspecified atom stereocenters. The molecule has 0 aromatic carbocycles. The van der Waals surface area contributed by atoms with Gasteiger partial charge in [-0.15, -0.1) is 0 Å². The maximum Gasteiger partial charge on any atom is 0.246 e. The Kier molecular flexibility index (Phi) is 10.4. The summed E-state index contributed by atoms with van der Waals surface area (Å²) < 4.78 is 0. The Morgan fingerprint density at radius 2 is 1.67 bits per heavy atom. The van der Waals surface area contributed by atoms with Gasteiger partial charge in [-0.25, -0.2) is 0 Å². The van der Waals surface area contributed by atoms with E-state index < -0.39 is 0 Å². The van der Waals surface area contributed by atoms with E-state index in [0.29, 0.717) is 0 Å². The summed E-state index contributed by atoms with van der Waals surface area (Å²) in [6.07, 6.45) is 1.41. The molecule has 0 atom stereocenters. The van der Waals surface area contributed by atoms with Gasteiger partial charge in [0.25, 0.3) is 0 Å². The predicted octanol–water partition coefficient (Wildman–Crippen LogP) is 2.51. The molecule has 0 radical (unpaired) electrons. The number of amides is 1. The quantitative estimate of drug-likeness (QED) is 0.461. The number of thioether (sulfide) groups is 2. The second-order valence-corrected chi connectivity index (χ2v) is 5.71. The van der Waals surface area contributed by atoms with Crippen LogP contribution >= 0.6 is 23.5 Å². The van der Waals surface area contributed by atoms with Crippen molar-refractivity contribution in [2.75, 3.05) is 36.1 Å². The van der Waals surface area contributed by atoms with Gasteiger partial charge in [0, 0.05) is 24.6 Å².